The molecule has 2 heterocycles. The molecule has 0 radical (unpaired) electrons. The third-order valence-electron chi connectivity index (χ3n) is 2.37. The average Bonchev–Trinajstić information content (AvgIpc) is 2.71. The van der Waals surface area contributed by atoms with Crippen molar-refractivity contribution < 1.29 is 18.0 Å². The van der Waals surface area contributed by atoms with Crippen LogP contribution in [0.1, 0.15) is 5.82 Å². The molecule has 0 spiro atoms. The summed E-state index contributed by atoms with van der Waals surface area (Å²) in [5.41, 5.74) is 0. The molecule has 0 unspecified atom stereocenters. The van der Waals surface area contributed by atoms with Gasteiger partial charge in [0.2, 0.25) is 0 Å². The van der Waals surface area contributed by atoms with Gasteiger partial charge in [0, 0.05) is 13.1 Å². The predicted molar refractivity (Wildman–Crippen MR) is 49.9 cm³/mol. The number of carbonyl (C=O) groups is 1. The number of rotatable bonds is 1. The molecule has 6 nitrogen and oxygen atoms in total. The van der Waals surface area contributed by atoms with Crippen LogP contribution >= 0.6 is 0 Å². The summed E-state index contributed by atoms with van der Waals surface area (Å²) < 4.78 is 37.5. The maximum absolute atomic E-state index is 11.9. The predicted octanol–water partition coefficient (Wildman–Crippen LogP) is 0.366. The third kappa shape index (κ3) is 2.86. The maximum atomic E-state index is 11.9. The Labute approximate surface area is 94.4 Å². The van der Waals surface area contributed by atoms with Gasteiger partial charge in [0.1, 0.15) is 12.9 Å². The summed E-state index contributed by atoms with van der Waals surface area (Å²) in [5, 5.41) is 9.24. The molecule has 0 bridgehead atoms. The van der Waals surface area contributed by atoms with Crippen LogP contribution in [0.5, 0.6) is 0 Å². The van der Waals surface area contributed by atoms with Crippen LogP contribution in [0.4, 0.5) is 18.0 Å². The molecule has 0 aromatic carbocycles. The Bertz CT molecular complexity index is 416. The zero-order valence-electron chi connectivity index (χ0n) is 8.74. The Hall–Kier alpha value is -1.80. The molecule has 1 aromatic heterocycles. The number of hydrogen-bond acceptors (Lipinski definition) is 3. The van der Waals surface area contributed by atoms with E-state index in [9.17, 15) is 18.0 Å². The topological polar surface area (TPSA) is 63.1 Å². The maximum Gasteiger partial charge on any atom is 0.405 e. The van der Waals surface area contributed by atoms with Gasteiger partial charge in [-0.1, -0.05) is 0 Å². The smallest absolute Gasteiger partial charge is 0.329 e. The molecule has 94 valence electrons. The van der Waals surface area contributed by atoms with Crippen molar-refractivity contribution >= 4 is 6.03 Å². The molecule has 0 atom stereocenters. The van der Waals surface area contributed by atoms with Gasteiger partial charge in [-0.15, -0.1) is 10.2 Å². The highest BCUT2D eigenvalue weighted by molar-refractivity contribution is 5.74. The standard InChI is InChI=1S/C8H10F3N5O/c9-8(10,11)4-12-7(17)15-1-2-16-5-13-14-6(16)3-15/h5H,1-4H2,(H,12,17). The van der Waals surface area contributed by atoms with E-state index in [0.29, 0.717) is 18.9 Å². The fraction of sp³-hybridized carbons (Fsp3) is 0.625. The molecule has 1 N–H and O–H groups in total. The largest absolute Gasteiger partial charge is 0.405 e. The number of hydrogen-bond donors (Lipinski definition) is 1. The van der Waals surface area contributed by atoms with Crippen LogP contribution < -0.4 is 5.32 Å². The second kappa shape index (κ2) is 4.22. The first-order valence-corrected chi connectivity index (χ1v) is 4.92. The highest BCUT2D eigenvalue weighted by atomic mass is 19.4. The van der Waals surface area contributed by atoms with Crippen LogP contribution in [0.2, 0.25) is 0 Å². The summed E-state index contributed by atoms with van der Waals surface area (Å²) in [5.74, 6) is 0.568. The molecular weight excluding hydrogens is 239 g/mol. The van der Waals surface area contributed by atoms with Gasteiger partial charge in [-0.05, 0) is 0 Å². The summed E-state index contributed by atoms with van der Waals surface area (Å²) in [6, 6.07) is -0.739. The Kier molecular flexibility index (Phi) is 2.90. The number of nitrogens with one attached hydrogen (secondary N) is 1. The first kappa shape index (κ1) is 11.7. The summed E-state index contributed by atoms with van der Waals surface area (Å²) in [7, 11) is 0. The van der Waals surface area contributed by atoms with E-state index in [2.05, 4.69) is 10.2 Å². The second-order valence-corrected chi connectivity index (χ2v) is 3.64. The lowest BCUT2D eigenvalue weighted by Gasteiger charge is -2.27. The van der Waals surface area contributed by atoms with Crippen LogP contribution in [0.15, 0.2) is 6.33 Å². The SMILES string of the molecule is O=C(NCC(F)(F)F)N1CCn2cnnc2C1. The minimum Gasteiger partial charge on any atom is -0.329 e. The summed E-state index contributed by atoms with van der Waals surface area (Å²) >= 11 is 0. The lowest BCUT2D eigenvalue weighted by atomic mass is 10.4. The van der Waals surface area contributed by atoms with Gasteiger partial charge in [-0.2, -0.15) is 13.2 Å². The van der Waals surface area contributed by atoms with E-state index in [4.69, 9.17) is 0 Å². The Morgan fingerprint density at radius 3 is 2.94 bits per heavy atom. The van der Waals surface area contributed by atoms with Crippen molar-refractivity contribution in [3.05, 3.63) is 12.2 Å². The van der Waals surface area contributed by atoms with Crippen molar-refractivity contribution in [1.82, 2.24) is 25.0 Å². The molecule has 1 aliphatic heterocycles. The van der Waals surface area contributed by atoms with Gasteiger partial charge in [-0.25, -0.2) is 4.79 Å². The van der Waals surface area contributed by atoms with Crippen molar-refractivity contribution in [3.8, 4) is 0 Å². The quantitative estimate of drug-likeness (QED) is 0.782. The monoisotopic (exact) mass is 249 g/mol. The third-order valence-corrected chi connectivity index (χ3v) is 2.37. The second-order valence-electron chi connectivity index (χ2n) is 3.64. The van der Waals surface area contributed by atoms with E-state index in [-0.39, 0.29) is 6.54 Å². The minimum atomic E-state index is -4.40. The highest BCUT2D eigenvalue weighted by Crippen LogP contribution is 2.13. The average molecular weight is 249 g/mol. The molecular formula is C8H10F3N5O. The van der Waals surface area contributed by atoms with Gasteiger partial charge in [0.05, 0.1) is 6.54 Å². The van der Waals surface area contributed by atoms with Crippen molar-refractivity contribution in [2.24, 2.45) is 0 Å². The lowest BCUT2D eigenvalue weighted by Crippen LogP contribution is -2.46. The van der Waals surface area contributed by atoms with E-state index in [1.807, 2.05) is 5.32 Å². The Morgan fingerprint density at radius 2 is 2.24 bits per heavy atom. The van der Waals surface area contributed by atoms with Crippen molar-refractivity contribution in [3.63, 3.8) is 0 Å². The Balaban J connectivity index is 1.90. The zero-order valence-corrected chi connectivity index (χ0v) is 8.74. The molecule has 9 heteroatoms. The molecule has 1 aromatic rings. The van der Waals surface area contributed by atoms with Gasteiger partial charge < -0.3 is 14.8 Å². The molecule has 0 saturated heterocycles. The van der Waals surface area contributed by atoms with Gasteiger partial charge in [0.15, 0.2) is 5.82 Å². The fourth-order valence-electron chi connectivity index (χ4n) is 1.53. The first-order chi connectivity index (χ1) is 7.96. The molecule has 0 aliphatic carbocycles. The van der Waals surface area contributed by atoms with E-state index in [1.54, 1.807) is 4.57 Å². The number of halogens is 3. The zero-order chi connectivity index (χ0) is 12.5. The normalized spacial score (nSPS) is 15.6. The number of fused-ring (bicyclic) bond motifs is 1. The number of amides is 2. The Morgan fingerprint density at radius 1 is 1.47 bits per heavy atom. The van der Waals surface area contributed by atoms with E-state index in [1.165, 1.54) is 11.2 Å². The lowest BCUT2D eigenvalue weighted by molar-refractivity contribution is -0.123. The van der Waals surface area contributed by atoms with Gasteiger partial charge >= 0.3 is 12.2 Å². The molecule has 0 fully saturated rings. The van der Waals surface area contributed by atoms with E-state index in [0.717, 1.165) is 0 Å². The van der Waals surface area contributed by atoms with Crippen molar-refractivity contribution in [2.75, 3.05) is 13.1 Å². The number of aromatic nitrogens is 3. The van der Waals surface area contributed by atoms with Crippen LogP contribution in [0.25, 0.3) is 0 Å². The fourth-order valence-corrected chi connectivity index (χ4v) is 1.53. The van der Waals surface area contributed by atoms with E-state index < -0.39 is 18.8 Å². The van der Waals surface area contributed by atoms with Crippen LogP contribution in [0, 0.1) is 0 Å². The number of urea groups is 1. The number of nitrogens with zero attached hydrogens (tertiary/aromatic N) is 4. The number of alkyl halides is 3. The summed E-state index contributed by atoms with van der Waals surface area (Å²) in [6.45, 7) is -0.324. The van der Waals surface area contributed by atoms with E-state index >= 15 is 0 Å². The highest BCUT2D eigenvalue weighted by Gasteiger charge is 2.29. The molecule has 17 heavy (non-hydrogen) atoms. The van der Waals surface area contributed by atoms with Gasteiger partial charge in [-0.3, -0.25) is 0 Å². The molecule has 2 amide bonds. The van der Waals surface area contributed by atoms with Crippen molar-refractivity contribution in [2.45, 2.75) is 19.3 Å². The number of carbonyl (C=O) groups excluding carboxylic acids is 1. The molecule has 1 aliphatic rings. The van der Waals surface area contributed by atoms with Gasteiger partial charge in [0.25, 0.3) is 0 Å². The molecule has 2 rings (SSSR count). The van der Waals surface area contributed by atoms with Crippen LogP contribution in [0.3, 0.4) is 0 Å². The van der Waals surface area contributed by atoms with Crippen LogP contribution in [-0.4, -0.2) is 45.0 Å². The minimum absolute atomic E-state index is 0.170. The first-order valence-electron chi connectivity index (χ1n) is 4.92. The molecule has 0 saturated carbocycles. The van der Waals surface area contributed by atoms with Crippen LogP contribution in [-0.2, 0) is 13.1 Å². The van der Waals surface area contributed by atoms with Crippen molar-refractivity contribution in [1.29, 1.82) is 0 Å². The summed E-state index contributed by atoms with van der Waals surface area (Å²) in [6.07, 6.45) is -2.87. The summed E-state index contributed by atoms with van der Waals surface area (Å²) in [4.78, 5) is 12.7.